The third-order valence-electron chi connectivity index (χ3n) is 4.72. The van der Waals surface area contributed by atoms with Crippen LogP contribution >= 0.6 is 11.6 Å². The van der Waals surface area contributed by atoms with E-state index in [0.29, 0.717) is 24.0 Å². The van der Waals surface area contributed by atoms with Crippen LogP contribution in [-0.4, -0.2) is 18.6 Å². The van der Waals surface area contributed by atoms with Crippen LogP contribution in [0.15, 0.2) is 24.3 Å². The first-order chi connectivity index (χ1) is 9.65. The van der Waals surface area contributed by atoms with Gasteiger partial charge in [-0.1, -0.05) is 23.7 Å². The van der Waals surface area contributed by atoms with Gasteiger partial charge in [0.1, 0.15) is 0 Å². The van der Waals surface area contributed by atoms with Crippen LogP contribution in [0.1, 0.15) is 38.3 Å². The van der Waals surface area contributed by atoms with E-state index in [1.54, 1.807) is 0 Å². The smallest absolute Gasteiger partial charge is 0.0406 e. The average molecular weight is 294 g/mol. The van der Waals surface area contributed by atoms with Crippen molar-refractivity contribution >= 4 is 11.6 Å². The molecule has 3 atom stereocenters. The number of benzene rings is 1. The summed E-state index contributed by atoms with van der Waals surface area (Å²) in [5, 5.41) is 4.61. The fraction of sp³-hybridized carbons (Fsp3) is 0.625. The van der Waals surface area contributed by atoms with Crippen molar-refractivity contribution in [2.24, 2.45) is 11.8 Å². The van der Waals surface area contributed by atoms with E-state index in [-0.39, 0.29) is 0 Å². The van der Waals surface area contributed by atoms with E-state index in [9.17, 15) is 0 Å². The Bertz CT molecular complexity index is 434. The highest BCUT2D eigenvalue weighted by Crippen LogP contribution is 2.41. The summed E-state index contributed by atoms with van der Waals surface area (Å²) in [6.07, 6.45) is 2.68. The molecule has 1 aromatic rings. The van der Waals surface area contributed by atoms with Crippen molar-refractivity contribution in [1.82, 2.24) is 16.2 Å². The average Bonchev–Trinajstić information content (AvgIpc) is 3.22. The molecular formula is C16H24ClN3. The maximum Gasteiger partial charge on any atom is 0.0406 e. The Morgan fingerprint density at radius 1 is 1.15 bits per heavy atom. The predicted molar refractivity (Wildman–Crippen MR) is 83.6 cm³/mol. The molecule has 1 aliphatic carbocycles. The minimum atomic E-state index is 0.479. The summed E-state index contributed by atoms with van der Waals surface area (Å²) in [5.74, 6) is 1.42. The third kappa shape index (κ3) is 3.17. The molecule has 1 aromatic carbocycles. The number of hydrazine groups is 1. The first-order valence-electron chi connectivity index (χ1n) is 7.65. The molecule has 1 saturated carbocycles. The van der Waals surface area contributed by atoms with Crippen LogP contribution < -0.4 is 16.2 Å². The maximum atomic E-state index is 5.99. The molecule has 3 unspecified atom stereocenters. The maximum absolute atomic E-state index is 5.99. The molecule has 0 amide bonds. The van der Waals surface area contributed by atoms with Gasteiger partial charge < -0.3 is 5.32 Å². The SMILES string of the molecule is CC1NNC(C)C1CNC(c1ccc(Cl)cc1)C1CC1. The number of rotatable bonds is 5. The van der Waals surface area contributed by atoms with Crippen LogP contribution in [0.2, 0.25) is 5.02 Å². The largest absolute Gasteiger partial charge is 0.309 e. The van der Waals surface area contributed by atoms with Crippen molar-refractivity contribution in [3.63, 3.8) is 0 Å². The quantitative estimate of drug-likeness (QED) is 0.781. The second-order valence-electron chi connectivity index (χ2n) is 6.30. The molecule has 4 heteroatoms. The fourth-order valence-corrected chi connectivity index (χ4v) is 3.31. The van der Waals surface area contributed by atoms with Crippen molar-refractivity contribution in [2.45, 2.75) is 44.8 Å². The molecule has 3 nitrogen and oxygen atoms in total. The van der Waals surface area contributed by atoms with Gasteiger partial charge in [-0.3, -0.25) is 10.9 Å². The molecule has 0 aromatic heterocycles. The Labute approximate surface area is 126 Å². The van der Waals surface area contributed by atoms with Crippen molar-refractivity contribution < 1.29 is 0 Å². The van der Waals surface area contributed by atoms with Crippen LogP contribution in [0.3, 0.4) is 0 Å². The van der Waals surface area contributed by atoms with Gasteiger partial charge in [0.2, 0.25) is 0 Å². The Kier molecular flexibility index (Phi) is 4.32. The van der Waals surface area contributed by atoms with Crippen molar-refractivity contribution in [3.05, 3.63) is 34.9 Å². The highest BCUT2D eigenvalue weighted by molar-refractivity contribution is 6.30. The molecule has 3 rings (SSSR count). The summed E-state index contributed by atoms with van der Waals surface area (Å²) in [4.78, 5) is 0. The molecule has 0 spiro atoms. The topological polar surface area (TPSA) is 36.1 Å². The number of halogens is 1. The Balaban J connectivity index is 1.64. The van der Waals surface area contributed by atoms with E-state index in [1.807, 2.05) is 12.1 Å². The van der Waals surface area contributed by atoms with E-state index in [2.05, 4.69) is 42.1 Å². The van der Waals surface area contributed by atoms with Gasteiger partial charge in [0.15, 0.2) is 0 Å². The van der Waals surface area contributed by atoms with Crippen LogP contribution in [0, 0.1) is 11.8 Å². The summed E-state index contributed by atoms with van der Waals surface area (Å²) >= 11 is 5.99. The first kappa shape index (κ1) is 14.3. The predicted octanol–water partition coefficient (Wildman–Crippen LogP) is 2.88. The molecule has 1 aliphatic heterocycles. The molecule has 1 heterocycles. The lowest BCUT2D eigenvalue weighted by atomic mass is 9.95. The summed E-state index contributed by atoms with van der Waals surface area (Å²) < 4.78 is 0. The standard InChI is InChI=1S/C16H24ClN3/c1-10-15(11(2)20-19-10)9-18-16(12-3-4-12)13-5-7-14(17)8-6-13/h5-8,10-12,15-16,18-20H,3-4,9H2,1-2H3. The molecule has 2 fully saturated rings. The van der Waals surface area contributed by atoms with E-state index >= 15 is 0 Å². The molecule has 20 heavy (non-hydrogen) atoms. The van der Waals surface area contributed by atoms with E-state index in [0.717, 1.165) is 17.5 Å². The van der Waals surface area contributed by atoms with Crippen LogP contribution in [-0.2, 0) is 0 Å². The van der Waals surface area contributed by atoms with Gasteiger partial charge in [0, 0.05) is 35.6 Å². The fourth-order valence-electron chi connectivity index (χ4n) is 3.18. The monoisotopic (exact) mass is 293 g/mol. The second-order valence-corrected chi connectivity index (χ2v) is 6.74. The first-order valence-corrected chi connectivity index (χ1v) is 8.03. The van der Waals surface area contributed by atoms with Gasteiger partial charge in [-0.05, 0) is 50.3 Å². The van der Waals surface area contributed by atoms with E-state index < -0.39 is 0 Å². The van der Waals surface area contributed by atoms with Crippen LogP contribution in [0.5, 0.6) is 0 Å². The van der Waals surface area contributed by atoms with Crippen LogP contribution in [0.4, 0.5) is 0 Å². The van der Waals surface area contributed by atoms with E-state index in [4.69, 9.17) is 11.6 Å². The number of hydrogen-bond acceptors (Lipinski definition) is 3. The lowest BCUT2D eigenvalue weighted by molar-refractivity contribution is 0.369. The normalized spacial score (nSPS) is 31.4. The Morgan fingerprint density at radius 2 is 1.75 bits per heavy atom. The zero-order chi connectivity index (χ0) is 14.1. The van der Waals surface area contributed by atoms with E-state index in [1.165, 1.54) is 18.4 Å². The van der Waals surface area contributed by atoms with Crippen molar-refractivity contribution in [1.29, 1.82) is 0 Å². The lowest BCUT2D eigenvalue weighted by Gasteiger charge is -2.24. The van der Waals surface area contributed by atoms with Gasteiger partial charge >= 0.3 is 0 Å². The van der Waals surface area contributed by atoms with Crippen LogP contribution in [0.25, 0.3) is 0 Å². The van der Waals surface area contributed by atoms with Gasteiger partial charge in [0.25, 0.3) is 0 Å². The van der Waals surface area contributed by atoms with Gasteiger partial charge in [-0.25, -0.2) is 0 Å². The second kappa shape index (κ2) is 6.02. The summed E-state index contributed by atoms with van der Waals surface area (Å²) in [6.45, 7) is 5.54. The minimum Gasteiger partial charge on any atom is -0.309 e. The summed E-state index contributed by atoms with van der Waals surface area (Å²) in [7, 11) is 0. The minimum absolute atomic E-state index is 0.479. The zero-order valence-corrected chi connectivity index (χ0v) is 13.0. The third-order valence-corrected chi connectivity index (χ3v) is 4.97. The van der Waals surface area contributed by atoms with Crippen molar-refractivity contribution in [2.75, 3.05) is 6.54 Å². The molecule has 110 valence electrons. The molecule has 3 N–H and O–H groups in total. The highest BCUT2D eigenvalue weighted by atomic mass is 35.5. The van der Waals surface area contributed by atoms with Gasteiger partial charge in [-0.15, -0.1) is 0 Å². The Hall–Kier alpha value is -0.610. The summed E-state index contributed by atoms with van der Waals surface area (Å²) in [5.41, 5.74) is 8.03. The lowest BCUT2D eigenvalue weighted by Crippen LogP contribution is -2.36. The van der Waals surface area contributed by atoms with Gasteiger partial charge in [0.05, 0.1) is 0 Å². The zero-order valence-electron chi connectivity index (χ0n) is 12.2. The van der Waals surface area contributed by atoms with Crippen molar-refractivity contribution in [3.8, 4) is 0 Å². The van der Waals surface area contributed by atoms with Gasteiger partial charge in [-0.2, -0.15) is 0 Å². The number of nitrogens with one attached hydrogen (secondary N) is 3. The Morgan fingerprint density at radius 3 is 2.30 bits per heavy atom. The molecular weight excluding hydrogens is 270 g/mol. The molecule has 0 bridgehead atoms. The molecule has 0 radical (unpaired) electrons. The molecule has 1 saturated heterocycles. The number of hydrogen-bond donors (Lipinski definition) is 3. The molecule has 2 aliphatic rings. The highest BCUT2D eigenvalue weighted by Gasteiger charge is 2.35. The summed E-state index contributed by atoms with van der Waals surface area (Å²) in [6, 6.07) is 9.83.